The molecule has 6 nitrogen and oxygen atoms in total. The largest absolute Gasteiger partial charge is 0.376 e. The number of hydrogen-bond donors (Lipinski definition) is 2. The van der Waals surface area contributed by atoms with Crippen molar-refractivity contribution in [2.75, 3.05) is 39.3 Å². The molecule has 1 aliphatic carbocycles. The second-order valence-electron chi connectivity index (χ2n) is 8.39. The molecule has 2 N–H and O–H groups in total. The third kappa shape index (κ3) is 6.21. The van der Waals surface area contributed by atoms with Gasteiger partial charge in [0.1, 0.15) is 0 Å². The van der Waals surface area contributed by atoms with Gasteiger partial charge in [0.15, 0.2) is 5.96 Å². The predicted molar refractivity (Wildman–Crippen MR) is 120 cm³/mol. The number of nitrogens with zero attached hydrogens (tertiary/aromatic N) is 2. The number of piperidine rings is 1. The molecule has 2 saturated heterocycles. The van der Waals surface area contributed by atoms with Crippen LogP contribution in [0.4, 0.5) is 0 Å². The number of hydrogen-bond acceptors (Lipinski definition) is 3. The molecule has 0 aromatic heterocycles. The number of halogens is 1. The molecule has 0 radical (unpaired) electrons. The molecule has 156 valence electrons. The minimum atomic E-state index is 0. The Labute approximate surface area is 181 Å². The van der Waals surface area contributed by atoms with Crippen LogP contribution in [0.5, 0.6) is 0 Å². The Hall–Kier alpha value is -0.570. The predicted octanol–water partition coefficient (Wildman–Crippen LogP) is 2.77. The lowest BCUT2D eigenvalue weighted by Gasteiger charge is -2.40. The van der Waals surface area contributed by atoms with Crippen LogP contribution in [0.25, 0.3) is 0 Å². The topological polar surface area (TPSA) is 66.0 Å². The van der Waals surface area contributed by atoms with Gasteiger partial charge in [0.2, 0.25) is 5.91 Å². The van der Waals surface area contributed by atoms with Crippen LogP contribution in [0.3, 0.4) is 0 Å². The zero-order valence-corrected chi connectivity index (χ0v) is 19.3. The van der Waals surface area contributed by atoms with Crippen molar-refractivity contribution in [3.63, 3.8) is 0 Å². The van der Waals surface area contributed by atoms with Gasteiger partial charge in [-0.25, -0.2) is 0 Å². The summed E-state index contributed by atoms with van der Waals surface area (Å²) < 4.78 is 6.11. The van der Waals surface area contributed by atoms with Crippen molar-refractivity contribution < 1.29 is 9.53 Å². The normalized spacial score (nSPS) is 31.6. The molecular formula is C20H37IN4O2. The van der Waals surface area contributed by atoms with Gasteiger partial charge in [-0.3, -0.25) is 9.79 Å². The van der Waals surface area contributed by atoms with E-state index in [0.717, 1.165) is 45.0 Å². The van der Waals surface area contributed by atoms with Gasteiger partial charge in [-0.2, -0.15) is 0 Å². The smallest absolute Gasteiger partial charge is 0.220 e. The number of carbonyl (C=O) groups excluding carboxylic acids is 1. The number of rotatable bonds is 5. The fourth-order valence-electron chi connectivity index (χ4n) is 4.74. The van der Waals surface area contributed by atoms with E-state index >= 15 is 0 Å². The Balaban J connectivity index is 0.00000261. The Morgan fingerprint density at radius 2 is 2.19 bits per heavy atom. The van der Waals surface area contributed by atoms with E-state index in [1.165, 1.54) is 25.7 Å². The fourth-order valence-corrected chi connectivity index (χ4v) is 4.74. The molecule has 0 bridgehead atoms. The van der Waals surface area contributed by atoms with Crippen LogP contribution in [0, 0.1) is 11.3 Å². The number of carbonyl (C=O) groups is 1. The van der Waals surface area contributed by atoms with Gasteiger partial charge >= 0.3 is 0 Å². The maximum Gasteiger partial charge on any atom is 0.220 e. The summed E-state index contributed by atoms with van der Waals surface area (Å²) >= 11 is 0. The highest BCUT2D eigenvalue weighted by Gasteiger charge is 2.42. The highest BCUT2D eigenvalue weighted by atomic mass is 127. The number of likely N-dealkylation sites (tertiary alicyclic amines) is 1. The molecule has 3 unspecified atom stereocenters. The van der Waals surface area contributed by atoms with Gasteiger partial charge in [-0.15, -0.1) is 24.0 Å². The lowest BCUT2D eigenvalue weighted by molar-refractivity contribution is -0.119. The summed E-state index contributed by atoms with van der Waals surface area (Å²) in [7, 11) is 0. The Bertz CT molecular complexity index is 516. The number of ether oxygens (including phenoxy) is 1. The van der Waals surface area contributed by atoms with Crippen molar-refractivity contribution >= 4 is 35.8 Å². The standard InChI is InChI=1S/C20H36N4O2.HI/c1-3-21-19(22-10-12-26-17-8-5-4-7-16(17)2)24-11-6-9-20(15-24)13-18(25)23-14-20;/h16-17H,3-15H2,1-2H3,(H,21,22)(H,23,25);1H. The third-order valence-electron chi connectivity index (χ3n) is 6.21. The van der Waals surface area contributed by atoms with Crippen LogP contribution >= 0.6 is 24.0 Å². The number of guanidine groups is 1. The van der Waals surface area contributed by atoms with E-state index in [4.69, 9.17) is 9.73 Å². The molecule has 3 rings (SSSR count). The molecule has 3 fully saturated rings. The molecule has 7 heteroatoms. The van der Waals surface area contributed by atoms with E-state index in [9.17, 15) is 4.79 Å². The van der Waals surface area contributed by atoms with E-state index in [1.54, 1.807) is 0 Å². The van der Waals surface area contributed by atoms with Gasteiger partial charge < -0.3 is 20.3 Å². The summed E-state index contributed by atoms with van der Waals surface area (Å²) in [4.78, 5) is 18.9. The van der Waals surface area contributed by atoms with Gasteiger partial charge in [-0.05, 0) is 38.5 Å². The van der Waals surface area contributed by atoms with Crippen molar-refractivity contribution in [1.29, 1.82) is 0 Å². The molecular weight excluding hydrogens is 455 g/mol. The van der Waals surface area contributed by atoms with Crippen LogP contribution in [0.1, 0.15) is 58.8 Å². The first-order chi connectivity index (χ1) is 12.6. The van der Waals surface area contributed by atoms with E-state index in [1.807, 2.05) is 0 Å². The van der Waals surface area contributed by atoms with Gasteiger partial charge in [0.05, 0.1) is 19.3 Å². The second kappa shape index (κ2) is 10.8. The lowest BCUT2D eigenvalue weighted by Crippen LogP contribution is -2.51. The maximum absolute atomic E-state index is 11.7. The quantitative estimate of drug-likeness (QED) is 0.268. The molecule has 1 amide bonds. The molecule has 2 heterocycles. The van der Waals surface area contributed by atoms with E-state index in [-0.39, 0.29) is 35.3 Å². The lowest BCUT2D eigenvalue weighted by atomic mass is 9.79. The maximum atomic E-state index is 11.7. The monoisotopic (exact) mass is 492 g/mol. The van der Waals surface area contributed by atoms with Gasteiger partial charge in [0, 0.05) is 38.0 Å². The van der Waals surface area contributed by atoms with Gasteiger partial charge in [0.25, 0.3) is 0 Å². The molecule has 3 atom stereocenters. The van der Waals surface area contributed by atoms with Gasteiger partial charge in [-0.1, -0.05) is 19.8 Å². The summed E-state index contributed by atoms with van der Waals surface area (Å²) in [5.41, 5.74) is 0.0968. The first-order valence-electron chi connectivity index (χ1n) is 10.5. The summed E-state index contributed by atoms with van der Waals surface area (Å²) in [6, 6.07) is 0. The summed E-state index contributed by atoms with van der Waals surface area (Å²) in [5.74, 6) is 1.85. The van der Waals surface area contributed by atoms with Crippen LogP contribution < -0.4 is 10.6 Å². The third-order valence-corrected chi connectivity index (χ3v) is 6.21. The van der Waals surface area contributed by atoms with E-state index < -0.39 is 0 Å². The Morgan fingerprint density at radius 1 is 1.37 bits per heavy atom. The van der Waals surface area contributed by atoms with Crippen molar-refractivity contribution in [1.82, 2.24) is 15.5 Å². The molecule has 0 aromatic rings. The summed E-state index contributed by atoms with van der Waals surface area (Å²) in [6.07, 6.45) is 8.45. The number of aliphatic imine (C=N–C) groups is 1. The first kappa shape index (κ1) is 22.7. The molecule has 2 aliphatic heterocycles. The van der Waals surface area contributed by atoms with Crippen molar-refractivity contribution in [3.05, 3.63) is 0 Å². The number of nitrogens with one attached hydrogen (secondary N) is 2. The van der Waals surface area contributed by atoms with Crippen molar-refractivity contribution in [3.8, 4) is 0 Å². The highest BCUT2D eigenvalue weighted by molar-refractivity contribution is 14.0. The SMILES string of the molecule is CCNC(=NCCOC1CCCCC1C)N1CCCC2(CNC(=O)C2)C1.I. The zero-order chi connectivity index (χ0) is 18.4. The average molecular weight is 492 g/mol. The average Bonchev–Trinajstić information content (AvgIpc) is 2.99. The first-order valence-corrected chi connectivity index (χ1v) is 10.5. The minimum Gasteiger partial charge on any atom is -0.376 e. The second-order valence-corrected chi connectivity index (χ2v) is 8.39. The molecule has 3 aliphatic rings. The zero-order valence-electron chi connectivity index (χ0n) is 17.0. The Morgan fingerprint density at radius 3 is 2.89 bits per heavy atom. The molecule has 27 heavy (non-hydrogen) atoms. The Kier molecular flexibility index (Phi) is 9.11. The summed E-state index contributed by atoms with van der Waals surface area (Å²) in [5, 5.41) is 6.45. The van der Waals surface area contributed by atoms with Crippen LogP contribution in [0.15, 0.2) is 4.99 Å². The van der Waals surface area contributed by atoms with Crippen LogP contribution in [-0.2, 0) is 9.53 Å². The molecule has 0 aromatic carbocycles. The number of amides is 1. The molecule has 1 saturated carbocycles. The van der Waals surface area contributed by atoms with Crippen molar-refractivity contribution in [2.45, 2.75) is 64.9 Å². The minimum absolute atomic E-state index is 0. The fraction of sp³-hybridized carbons (Fsp3) is 0.900. The highest BCUT2D eigenvalue weighted by Crippen LogP contribution is 2.36. The van der Waals surface area contributed by atoms with Crippen LogP contribution in [0.2, 0.25) is 0 Å². The van der Waals surface area contributed by atoms with Crippen molar-refractivity contribution in [2.24, 2.45) is 16.3 Å². The molecule has 1 spiro atoms. The summed E-state index contributed by atoms with van der Waals surface area (Å²) in [6.45, 7) is 9.41. The van der Waals surface area contributed by atoms with E-state index in [0.29, 0.717) is 31.6 Å². The van der Waals surface area contributed by atoms with Crippen LogP contribution in [-0.4, -0.2) is 62.2 Å². The van der Waals surface area contributed by atoms with E-state index in [2.05, 4.69) is 29.4 Å².